The number of nitrogens with one attached hydrogen (secondary N) is 1. The Morgan fingerprint density at radius 3 is 2.81 bits per heavy atom. The SMILES string of the molecule is C[C@@]1(c2ccc(O)c(F)c2)C(=O)Nc2nc(-c3cn4ccnc4c(CCC4CCCCC4)n3)nc(N)c21. The van der Waals surface area contributed by atoms with Crippen LogP contribution in [0.4, 0.5) is 16.0 Å². The van der Waals surface area contributed by atoms with Crippen LogP contribution in [0.3, 0.4) is 0 Å². The Hall–Kier alpha value is -4.08. The normalized spacial score (nSPS) is 19.8. The number of hydrogen-bond donors (Lipinski definition) is 3. The standard InChI is InChI=1S/C27H28FN7O2/c1-27(16-8-10-20(36)17(28)13-16)21-22(29)32-23(33-24(21)34-26(27)37)19-14-35-12-11-30-25(35)18(31-19)9-7-15-5-3-2-4-6-15/h8,10-15,36H,2-7,9H2,1H3,(H3,29,32,33,34,37)/t27-/m0/s1. The number of nitrogens with zero attached hydrogens (tertiary/aromatic N) is 5. The minimum atomic E-state index is -1.32. The fourth-order valence-electron chi connectivity index (χ4n) is 5.70. The van der Waals surface area contributed by atoms with E-state index in [0.29, 0.717) is 22.7 Å². The summed E-state index contributed by atoms with van der Waals surface area (Å²) in [6.07, 6.45) is 13.7. The molecule has 4 N–H and O–H groups in total. The number of aromatic hydroxyl groups is 1. The molecule has 37 heavy (non-hydrogen) atoms. The van der Waals surface area contributed by atoms with Crippen LogP contribution in [0.2, 0.25) is 0 Å². The number of anilines is 2. The fourth-order valence-corrected chi connectivity index (χ4v) is 5.70. The molecule has 1 aliphatic heterocycles. The average molecular weight is 502 g/mol. The van der Waals surface area contributed by atoms with E-state index in [0.717, 1.165) is 30.2 Å². The number of amides is 1. The molecule has 4 heterocycles. The Kier molecular flexibility index (Phi) is 5.54. The molecule has 190 valence electrons. The summed E-state index contributed by atoms with van der Waals surface area (Å²) in [7, 11) is 0. The highest BCUT2D eigenvalue weighted by Crippen LogP contribution is 2.45. The first-order chi connectivity index (χ1) is 17.8. The molecule has 1 aromatic carbocycles. The van der Waals surface area contributed by atoms with E-state index in [1.54, 1.807) is 19.3 Å². The third-order valence-corrected chi connectivity index (χ3v) is 7.83. The van der Waals surface area contributed by atoms with Gasteiger partial charge in [-0.15, -0.1) is 0 Å². The quantitative estimate of drug-likeness (QED) is 0.370. The number of halogens is 1. The van der Waals surface area contributed by atoms with Crippen molar-refractivity contribution in [1.29, 1.82) is 0 Å². The molecule has 1 fully saturated rings. The molecule has 1 amide bonds. The lowest BCUT2D eigenvalue weighted by molar-refractivity contribution is -0.119. The Bertz CT molecular complexity index is 1530. The molecule has 0 unspecified atom stereocenters. The zero-order valence-electron chi connectivity index (χ0n) is 20.5. The van der Waals surface area contributed by atoms with Crippen molar-refractivity contribution in [3.8, 4) is 17.3 Å². The van der Waals surface area contributed by atoms with Gasteiger partial charge in [0.2, 0.25) is 5.91 Å². The molecule has 1 atom stereocenters. The number of nitrogen functional groups attached to an aromatic ring is 1. The molecule has 2 aliphatic rings. The number of carbonyl (C=O) groups excluding carboxylic acids is 1. The van der Waals surface area contributed by atoms with Crippen LogP contribution in [0.25, 0.3) is 17.2 Å². The average Bonchev–Trinajstić information content (AvgIpc) is 3.47. The number of benzene rings is 1. The molecule has 1 saturated carbocycles. The van der Waals surface area contributed by atoms with E-state index in [4.69, 9.17) is 10.7 Å². The van der Waals surface area contributed by atoms with E-state index in [1.807, 2.05) is 10.6 Å². The van der Waals surface area contributed by atoms with E-state index < -0.39 is 22.9 Å². The van der Waals surface area contributed by atoms with Gasteiger partial charge in [-0.1, -0.05) is 38.2 Å². The van der Waals surface area contributed by atoms with Crippen molar-refractivity contribution >= 4 is 23.2 Å². The van der Waals surface area contributed by atoms with Crippen molar-refractivity contribution in [2.75, 3.05) is 11.1 Å². The lowest BCUT2D eigenvalue weighted by Crippen LogP contribution is -2.33. The number of aromatic nitrogens is 5. The van der Waals surface area contributed by atoms with Crippen LogP contribution >= 0.6 is 0 Å². The van der Waals surface area contributed by atoms with Gasteiger partial charge in [-0.25, -0.2) is 24.3 Å². The molecule has 0 saturated heterocycles. The van der Waals surface area contributed by atoms with Gasteiger partial charge in [0.1, 0.15) is 22.7 Å². The van der Waals surface area contributed by atoms with Gasteiger partial charge in [-0.2, -0.15) is 0 Å². The molecule has 0 radical (unpaired) electrons. The van der Waals surface area contributed by atoms with Gasteiger partial charge in [0, 0.05) is 18.6 Å². The number of nitrogens with two attached hydrogens (primary N) is 1. The van der Waals surface area contributed by atoms with Crippen LogP contribution in [-0.2, 0) is 16.6 Å². The van der Waals surface area contributed by atoms with Crippen molar-refractivity contribution in [3.05, 3.63) is 59.4 Å². The van der Waals surface area contributed by atoms with E-state index in [1.165, 1.54) is 44.2 Å². The van der Waals surface area contributed by atoms with Crippen LogP contribution in [0, 0.1) is 11.7 Å². The molecule has 3 aromatic heterocycles. The third-order valence-electron chi connectivity index (χ3n) is 7.83. The fraction of sp³-hybridized carbons (Fsp3) is 0.370. The summed E-state index contributed by atoms with van der Waals surface area (Å²) in [5, 5.41) is 12.4. The highest BCUT2D eigenvalue weighted by atomic mass is 19.1. The minimum absolute atomic E-state index is 0.102. The number of rotatable bonds is 5. The molecular formula is C27H28FN7O2. The van der Waals surface area contributed by atoms with Crippen LogP contribution in [0.15, 0.2) is 36.8 Å². The summed E-state index contributed by atoms with van der Waals surface area (Å²) < 4.78 is 16.1. The molecule has 1 aliphatic carbocycles. The van der Waals surface area contributed by atoms with Gasteiger partial charge in [0.05, 0.1) is 11.3 Å². The number of phenolic OH excluding ortho intramolecular Hbond substituents is 1. The lowest BCUT2D eigenvalue weighted by atomic mass is 9.77. The number of carbonyl (C=O) groups is 1. The van der Waals surface area contributed by atoms with Crippen molar-refractivity contribution in [2.45, 2.75) is 57.3 Å². The number of fused-ring (bicyclic) bond motifs is 2. The van der Waals surface area contributed by atoms with Gasteiger partial charge in [-0.3, -0.25) is 4.79 Å². The smallest absolute Gasteiger partial charge is 0.240 e. The highest BCUT2D eigenvalue weighted by molar-refractivity contribution is 6.09. The topological polar surface area (TPSA) is 131 Å². The predicted octanol–water partition coefficient (Wildman–Crippen LogP) is 4.38. The van der Waals surface area contributed by atoms with Gasteiger partial charge in [0.15, 0.2) is 23.0 Å². The molecule has 4 aromatic rings. The van der Waals surface area contributed by atoms with Crippen LogP contribution < -0.4 is 11.1 Å². The second-order valence-electron chi connectivity index (χ2n) is 10.2. The first-order valence-electron chi connectivity index (χ1n) is 12.7. The Labute approximate surface area is 213 Å². The van der Waals surface area contributed by atoms with E-state index >= 15 is 0 Å². The van der Waals surface area contributed by atoms with E-state index in [2.05, 4.69) is 20.3 Å². The van der Waals surface area contributed by atoms with Crippen molar-refractivity contribution in [1.82, 2.24) is 24.3 Å². The number of hydrogen-bond acceptors (Lipinski definition) is 7. The number of imidazole rings is 1. The number of aryl methyl sites for hydroxylation is 1. The first kappa shape index (κ1) is 23.3. The van der Waals surface area contributed by atoms with Crippen molar-refractivity contribution in [3.63, 3.8) is 0 Å². The monoisotopic (exact) mass is 501 g/mol. The molecule has 0 spiro atoms. The van der Waals surface area contributed by atoms with Crippen LogP contribution in [0.1, 0.15) is 62.3 Å². The molecule has 0 bridgehead atoms. The first-order valence-corrected chi connectivity index (χ1v) is 12.7. The second-order valence-corrected chi connectivity index (χ2v) is 10.2. The maximum absolute atomic E-state index is 14.2. The summed E-state index contributed by atoms with van der Waals surface area (Å²) in [6, 6.07) is 3.84. The summed E-state index contributed by atoms with van der Waals surface area (Å²) >= 11 is 0. The minimum Gasteiger partial charge on any atom is -0.505 e. The summed E-state index contributed by atoms with van der Waals surface area (Å²) in [5.74, 6) is -0.367. The lowest BCUT2D eigenvalue weighted by Gasteiger charge is -2.23. The van der Waals surface area contributed by atoms with Crippen LogP contribution in [0.5, 0.6) is 5.75 Å². The summed E-state index contributed by atoms with van der Waals surface area (Å²) in [6.45, 7) is 1.64. The van der Waals surface area contributed by atoms with E-state index in [9.17, 15) is 14.3 Å². The van der Waals surface area contributed by atoms with Gasteiger partial charge < -0.3 is 20.6 Å². The number of phenols is 1. The predicted molar refractivity (Wildman–Crippen MR) is 136 cm³/mol. The van der Waals surface area contributed by atoms with Crippen molar-refractivity contribution < 1.29 is 14.3 Å². The van der Waals surface area contributed by atoms with Gasteiger partial charge in [0.25, 0.3) is 0 Å². The van der Waals surface area contributed by atoms with Crippen molar-refractivity contribution in [2.24, 2.45) is 5.92 Å². The third kappa shape index (κ3) is 3.87. The zero-order valence-corrected chi connectivity index (χ0v) is 20.5. The Balaban J connectivity index is 1.39. The molecular weight excluding hydrogens is 473 g/mol. The van der Waals surface area contributed by atoms with Crippen LogP contribution in [-0.4, -0.2) is 35.4 Å². The summed E-state index contributed by atoms with van der Waals surface area (Å²) in [5.41, 5.74) is 8.01. The highest BCUT2D eigenvalue weighted by Gasteiger charge is 2.48. The van der Waals surface area contributed by atoms with Gasteiger partial charge in [-0.05, 0) is 43.4 Å². The largest absolute Gasteiger partial charge is 0.505 e. The Morgan fingerprint density at radius 2 is 2.03 bits per heavy atom. The summed E-state index contributed by atoms with van der Waals surface area (Å²) in [4.78, 5) is 31.6. The second kappa shape index (κ2) is 8.79. The Morgan fingerprint density at radius 1 is 1.22 bits per heavy atom. The van der Waals surface area contributed by atoms with Gasteiger partial charge >= 0.3 is 0 Å². The molecule has 9 nitrogen and oxygen atoms in total. The zero-order chi connectivity index (χ0) is 25.7. The molecule has 10 heteroatoms. The van der Waals surface area contributed by atoms with E-state index in [-0.39, 0.29) is 17.5 Å². The molecule has 6 rings (SSSR count). The maximum Gasteiger partial charge on any atom is 0.240 e. The maximum atomic E-state index is 14.2.